The van der Waals surface area contributed by atoms with E-state index < -0.39 is 10.0 Å². The van der Waals surface area contributed by atoms with Crippen molar-refractivity contribution in [3.8, 4) is 0 Å². The third-order valence-electron chi connectivity index (χ3n) is 4.59. The van der Waals surface area contributed by atoms with Gasteiger partial charge in [0, 0.05) is 36.1 Å². The van der Waals surface area contributed by atoms with E-state index in [4.69, 9.17) is 0 Å². The van der Waals surface area contributed by atoms with Crippen LogP contribution >= 0.6 is 11.3 Å². The van der Waals surface area contributed by atoms with Gasteiger partial charge in [-0.3, -0.25) is 0 Å². The smallest absolute Gasteiger partial charge is 0.241 e. The fourth-order valence-corrected chi connectivity index (χ4v) is 5.41. The molecule has 0 amide bonds. The Morgan fingerprint density at radius 3 is 2.88 bits per heavy atom. The Labute approximate surface area is 151 Å². The van der Waals surface area contributed by atoms with Crippen LogP contribution in [0.4, 0.5) is 5.13 Å². The van der Waals surface area contributed by atoms with Crippen molar-refractivity contribution in [3.63, 3.8) is 0 Å². The first-order valence-electron chi connectivity index (χ1n) is 8.29. The molecule has 2 aromatic carbocycles. The van der Waals surface area contributed by atoms with Crippen LogP contribution in [0.15, 0.2) is 58.9 Å². The minimum absolute atomic E-state index is 0.149. The molecule has 1 aliphatic rings. The van der Waals surface area contributed by atoms with Crippen LogP contribution in [0.25, 0.3) is 10.8 Å². The number of nitrogens with one attached hydrogen (secondary N) is 1. The monoisotopic (exact) mass is 373 g/mol. The van der Waals surface area contributed by atoms with Gasteiger partial charge < -0.3 is 4.90 Å². The Hall–Kier alpha value is -1.96. The fourth-order valence-electron chi connectivity index (χ4n) is 3.37. The van der Waals surface area contributed by atoms with Crippen molar-refractivity contribution in [2.75, 3.05) is 18.0 Å². The predicted molar refractivity (Wildman–Crippen MR) is 102 cm³/mol. The zero-order valence-electron chi connectivity index (χ0n) is 13.6. The number of thiazole rings is 1. The van der Waals surface area contributed by atoms with Crippen molar-refractivity contribution in [2.24, 2.45) is 0 Å². The molecule has 7 heteroatoms. The average Bonchev–Trinajstić information content (AvgIpc) is 3.30. The fraction of sp³-hybridized carbons (Fsp3) is 0.278. The summed E-state index contributed by atoms with van der Waals surface area (Å²) in [6, 6.07) is 13.1. The topological polar surface area (TPSA) is 62.3 Å². The van der Waals surface area contributed by atoms with Gasteiger partial charge in [-0.2, -0.15) is 0 Å². The standard InChI is InChI=1S/C18H19N3O2S2/c22-25(23,17-9-3-6-14-5-1-2-8-16(14)17)20-13-15-7-4-11-21(15)18-19-10-12-24-18/h1-3,5-6,8-10,12,15,20H,4,7,11,13H2. The molecule has 1 aromatic heterocycles. The molecule has 1 unspecified atom stereocenters. The van der Waals surface area contributed by atoms with E-state index in [1.807, 2.05) is 35.7 Å². The molecule has 4 rings (SSSR count). The lowest BCUT2D eigenvalue weighted by molar-refractivity contribution is 0.568. The average molecular weight is 374 g/mol. The van der Waals surface area contributed by atoms with Crippen molar-refractivity contribution < 1.29 is 8.42 Å². The van der Waals surface area contributed by atoms with Crippen molar-refractivity contribution >= 4 is 37.3 Å². The normalized spacial score (nSPS) is 18.1. The molecule has 5 nitrogen and oxygen atoms in total. The van der Waals surface area contributed by atoms with Crippen LogP contribution in [0.5, 0.6) is 0 Å². The van der Waals surface area contributed by atoms with E-state index in [1.165, 1.54) is 0 Å². The summed E-state index contributed by atoms with van der Waals surface area (Å²) in [6.45, 7) is 1.32. The van der Waals surface area contributed by atoms with Crippen LogP contribution in [-0.2, 0) is 10.0 Å². The number of hydrogen-bond acceptors (Lipinski definition) is 5. The van der Waals surface area contributed by atoms with E-state index >= 15 is 0 Å². The van der Waals surface area contributed by atoms with Crippen LogP contribution in [0.2, 0.25) is 0 Å². The molecule has 2 heterocycles. The molecular formula is C18H19N3O2S2. The molecule has 0 radical (unpaired) electrons. The highest BCUT2D eigenvalue weighted by atomic mass is 32.2. The zero-order chi connectivity index (χ0) is 17.3. The largest absolute Gasteiger partial charge is 0.344 e. The molecule has 1 fully saturated rings. The van der Waals surface area contributed by atoms with E-state index in [2.05, 4.69) is 14.6 Å². The molecule has 0 aliphatic carbocycles. The highest BCUT2D eigenvalue weighted by Gasteiger charge is 2.28. The third-order valence-corrected chi connectivity index (χ3v) is 6.88. The van der Waals surface area contributed by atoms with Crippen LogP contribution in [-0.4, -0.2) is 32.5 Å². The van der Waals surface area contributed by atoms with Crippen LogP contribution < -0.4 is 9.62 Å². The van der Waals surface area contributed by atoms with Crippen LogP contribution in [0.1, 0.15) is 12.8 Å². The SMILES string of the molecule is O=S(=O)(NCC1CCCN1c1nccs1)c1cccc2ccccc12. The molecule has 0 saturated carbocycles. The number of fused-ring (bicyclic) bond motifs is 1. The molecule has 0 spiro atoms. The number of aromatic nitrogens is 1. The van der Waals surface area contributed by atoms with E-state index in [9.17, 15) is 8.42 Å². The first-order chi connectivity index (χ1) is 12.1. The highest BCUT2D eigenvalue weighted by Crippen LogP contribution is 2.27. The van der Waals surface area contributed by atoms with Gasteiger partial charge in [-0.05, 0) is 24.3 Å². The molecular weight excluding hydrogens is 354 g/mol. The van der Waals surface area contributed by atoms with Crippen molar-refractivity contribution in [2.45, 2.75) is 23.8 Å². The lowest BCUT2D eigenvalue weighted by atomic mass is 10.1. The molecule has 3 aromatic rings. The highest BCUT2D eigenvalue weighted by molar-refractivity contribution is 7.89. The molecule has 25 heavy (non-hydrogen) atoms. The maximum Gasteiger partial charge on any atom is 0.241 e. The minimum Gasteiger partial charge on any atom is -0.344 e. The number of rotatable bonds is 5. The van der Waals surface area contributed by atoms with Gasteiger partial charge in [0.15, 0.2) is 5.13 Å². The Morgan fingerprint density at radius 2 is 2.04 bits per heavy atom. The molecule has 0 bridgehead atoms. The summed E-state index contributed by atoms with van der Waals surface area (Å²) in [5, 5.41) is 4.59. The number of benzene rings is 2. The van der Waals surface area contributed by atoms with E-state index in [1.54, 1.807) is 29.7 Å². The number of anilines is 1. The van der Waals surface area contributed by atoms with Crippen LogP contribution in [0.3, 0.4) is 0 Å². The summed E-state index contributed by atoms with van der Waals surface area (Å²) in [5.74, 6) is 0. The number of hydrogen-bond donors (Lipinski definition) is 1. The number of nitrogens with zero attached hydrogens (tertiary/aromatic N) is 2. The Bertz CT molecular complexity index is 966. The molecule has 130 valence electrons. The van der Waals surface area contributed by atoms with Gasteiger partial charge in [-0.15, -0.1) is 11.3 Å². The van der Waals surface area contributed by atoms with Gasteiger partial charge >= 0.3 is 0 Å². The lowest BCUT2D eigenvalue weighted by Gasteiger charge is -2.24. The number of sulfonamides is 1. The van der Waals surface area contributed by atoms with E-state index in [0.717, 1.165) is 35.3 Å². The van der Waals surface area contributed by atoms with Gasteiger partial charge in [0.25, 0.3) is 0 Å². The third kappa shape index (κ3) is 3.27. The van der Waals surface area contributed by atoms with E-state index in [-0.39, 0.29) is 6.04 Å². The van der Waals surface area contributed by atoms with Gasteiger partial charge in [-0.1, -0.05) is 36.4 Å². The minimum atomic E-state index is -3.56. The molecule has 1 aliphatic heterocycles. The summed E-state index contributed by atoms with van der Waals surface area (Å²) in [5.41, 5.74) is 0. The predicted octanol–water partition coefficient (Wildman–Crippen LogP) is 3.24. The first-order valence-corrected chi connectivity index (χ1v) is 10.6. The summed E-state index contributed by atoms with van der Waals surface area (Å²) >= 11 is 1.59. The first kappa shape index (κ1) is 16.5. The Balaban J connectivity index is 1.55. The maximum absolute atomic E-state index is 12.9. The summed E-state index contributed by atoms with van der Waals surface area (Å²) in [7, 11) is -3.56. The van der Waals surface area contributed by atoms with Gasteiger partial charge in [0.1, 0.15) is 0 Å². The second-order valence-electron chi connectivity index (χ2n) is 6.13. The summed E-state index contributed by atoms with van der Waals surface area (Å²) < 4.78 is 28.5. The van der Waals surface area contributed by atoms with Gasteiger partial charge in [-0.25, -0.2) is 18.1 Å². The van der Waals surface area contributed by atoms with Crippen molar-refractivity contribution in [3.05, 3.63) is 54.0 Å². The van der Waals surface area contributed by atoms with Gasteiger partial charge in [0.2, 0.25) is 10.0 Å². The molecule has 1 saturated heterocycles. The molecule has 1 atom stereocenters. The Kier molecular flexibility index (Phi) is 4.45. The second kappa shape index (κ2) is 6.74. The quantitative estimate of drug-likeness (QED) is 0.746. The Morgan fingerprint density at radius 1 is 1.20 bits per heavy atom. The van der Waals surface area contributed by atoms with E-state index in [0.29, 0.717) is 11.4 Å². The van der Waals surface area contributed by atoms with Crippen LogP contribution in [0, 0.1) is 0 Å². The summed E-state index contributed by atoms with van der Waals surface area (Å²) in [6.07, 6.45) is 3.81. The second-order valence-corrected chi connectivity index (χ2v) is 8.74. The van der Waals surface area contributed by atoms with Gasteiger partial charge in [0.05, 0.1) is 4.90 Å². The molecule has 1 N–H and O–H groups in total. The summed E-state index contributed by atoms with van der Waals surface area (Å²) in [4.78, 5) is 6.90. The van der Waals surface area contributed by atoms with Crippen molar-refractivity contribution in [1.82, 2.24) is 9.71 Å². The van der Waals surface area contributed by atoms with Crippen molar-refractivity contribution in [1.29, 1.82) is 0 Å². The lowest BCUT2D eigenvalue weighted by Crippen LogP contribution is -2.40. The zero-order valence-corrected chi connectivity index (χ0v) is 15.3. The maximum atomic E-state index is 12.9.